The van der Waals surface area contributed by atoms with Crippen molar-refractivity contribution in [2.24, 2.45) is 0 Å². The van der Waals surface area contributed by atoms with Crippen LogP contribution < -0.4 is 5.32 Å². The quantitative estimate of drug-likeness (QED) is 0.665. The maximum atomic E-state index is 13.3. The minimum atomic E-state index is -0.543. The van der Waals surface area contributed by atoms with Gasteiger partial charge in [0.25, 0.3) is 0 Å². The van der Waals surface area contributed by atoms with Gasteiger partial charge in [0.15, 0.2) is 0 Å². The van der Waals surface area contributed by atoms with Gasteiger partial charge in [-0.1, -0.05) is 6.07 Å². The molecule has 1 N–H and O–H groups in total. The SMILES string of the molecule is Cc1cc2c(cc1C)-c1oc(CNc3cccc(F)c3)c(C)c1C(=O)C2=O. The highest BCUT2D eigenvalue weighted by Gasteiger charge is 2.36. The Bertz CT molecular complexity index is 1110. The third-order valence-corrected chi connectivity index (χ3v) is 5.08. The zero-order valence-electron chi connectivity index (χ0n) is 15.3. The number of nitrogens with one attached hydrogen (secondary N) is 1. The Balaban J connectivity index is 1.77. The van der Waals surface area contributed by atoms with E-state index in [1.54, 1.807) is 25.1 Å². The van der Waals surface area contributed by atoms with E-state index in [4.69, 9.17) is 4.42 Å². The lowest BCUT2D eigenvalue weighted by Crippen LogP contribution is -2.21. The third-order valence-electron chi connectivity index (χ3n) is 5.08. The number of fused-ring (bicyclic) bond motifs is 3. The Labute approximate surface area is 156 Å². The summed E-state index contributed by atoms with van der Waals surface area (Å²) in [4.78, 5) is 25.2. The van der Waals surface area contributed by atoms with E-state index in [9.17, 15) is 14.0 Å². The van der Waals surface area contributed by atoms with Crippen LogP contribution in [-0.2, 0) is 6.54 Å². The molecule has 0 saturated heterocycles. The third kappa shape index (κ3) is 2.76. The Kier molecular flexibility index (Phi) is 3.95. The summed E-state index contributed by atoms with van der Waals surface area (Å²) in [6.07, 6.45) is 0. The molecule has 1 aromatic heterocycles. The van der Waals surface area contributed by atoms with Gasteiger partial charge in [-0.2, -0.15) is 0 Å². The second-order valence-corrected chi connectivity index (χ2v) is 6.86. The lowest BCUT2D eigenvalue weighted by molar-refractivity contribution is 0.0814. The van der Waals surface area contributed by atoms with Crippen LogP contribution in [0.2, 0.25) is 0 Å². The number of hydrogen-bond acceptors (Lipinski definition) is 4. The maximum absolute atomic E-state index is 13.3. The molecule has 27 heavy (non-hydrogen) atoms. The Hall–Kier alpha value is -3.21. The van der Waals surface area contributed by atoms with Crippen LogP contribution in [-0.4, -0.2) is 11.6 Å². The van der Waals surface area contributed by atoms with Crippen LogP contribution >= 0.6 is 0 Å². The van der Waals surface area contributed by atoms with E-state index in [-0.39, 0.29) is 12.4 Å². The smallest absolute Gasteiger partial charge is 0.237 e. The van der Waals surface area contributed by atoms with Crippen LogP contribution in [0.1, 0.15) is 43.2 Å². The van der Waals surface area contributed by atoms with Gasteiger partial charge in [-0.25, -0.2) is 4.39 Å². The predicted molar refractivity (Wildman–Crippen MR) is 101 cm³/mol. The number of halogens is 1. The van der Waals surface area contributed by atoms with Gasteiger partial charge >= 0.3 is 0 Å². The first-order valence-corrected chi connectivity index (χ1v) is 8.69. The summed E-state index contributed by atoms with van der Waals surface area (Å²) >= 11 is 0. The van der Waals surface area contributed by atoms with Crippen LogP contribution in [0.4, 0.5) is 10.1 Å². The Morgan fingerprint density at radius 1 is 0.963 bits per heavy atom. The second kappa shape index (κ2) is 6.20. The summed E-state index contributed by atoms with van der Waals surface area (Å²) in [6, 6.07) is 9.75. The molecule has 1 aliphatic carbocycles. The van der Waals surface area contributed by atoms with Crippen LogP contribution in [0.3, 0.4) is 0 Å². The van der Waals surface area contributed by atoms with E-state index < -0.39 is 11.6 Å². The molecule has 0 amide bonds. The van der Waals surface area contributed by atoms with Gasteiger partial charge in [0, 0.05) is 22.4 Å². The van der Waals surface area contributed by atoms with E-state index in [0.29, 0.717) is 39.5 Å². The van der Waals surface area contributed by atoms with Gasteiger partial charge in [-0.15, -0.1) is 0 Å². The number of rotatable bonds is 3. The molecular formula is C22H18FNO3. The number of benzene rings is 2. The molecule has 0 bridgehead atoms. The summed E-state index contributed by atoms with van der Waals surface area (Å²) in [5, 5.41) is 3.09. The summed E-state index contributed by atoms with van der Waals surface area (Å²) in [5.41, 5.74) is 4.58. The molecule has 5 heteroatoms. The topological polar surface area (TPSA) is 59.3 Å². The van der Waals surface area contributed by atoms with Gasteiger partial charge in [0.1, 0.15) is 17.3 Å². The molecule has 3 aromatic rings. The number of hydrogen-bond donors (Lipinski definition) is 1. The van der Waals surface area contributed by atoms with Gasteiger partial charge < -0.3 is 9.73 Å². The Morgan fingerprint density at radius 3 is 2.37 bits per heavy atom. The zero-order valence-corrected chi connectivity index (χ0v) is 15.3. The summed E-state index contributed by atoms with van der Waals surface area (Å²) in [7, 11) is 0. The summed E-state index contributed by atoms with van der Waals surface area (Å²) in [6.45, 7) is 5.91. The number of Topliss-reactive ketones (excluding diaryl/α,β-unsaturated/α-hetero) is 2. The van der Waals surface area contributed by atoms with Gasteiger partial charge in [-0.05, 0) is 62.2 Å². The maximum Gasteiger partial charge on any atom is 0.237 e. The molecule has 0 aliphatic heterocycles. The van der Waals surface area contributed by atoms with E-state index in [1.165, 1.54) is 12.1 Å². The van der Waals surface area contributed by atoms with Crippen molar-refractivity contribution in [1.29, 1.82) is 0 Å². The molecule has 136 valence electrons. The lowest BCUT2D eigenvalue weighted by atomic mass is 9.85. The van der Waals surface area contributed by atoms with E-state index in [0.717, 1.165) is 11.1 Å². The summed E-state index contributed by atoms with van der Waals surface area (Å²) < 4.78 is 19.3. The fourth-order valence-electron chi connectivity index (χ4n) is 3.40. The molecule has 1 aliphatic rings. The molecule has 0 fully saturated rings. The lowest BCUT2D eigenvalue weighted by Gasteiger charge is -2.15. The first-order chi connectivity index (χ1) is 12.9. The molecule has 0 radical (unpaired) electrons. The second-order valence-electron chi connectivity index (χ2n) is 6.86. The number of aryl methyl sites for hydroxylation is 2. The first kappa shape index (κ1) is 17.2. The van der Waals surface area contributed by atoms with Crippen molar-refractivity contribution in [2.45, 2.75) is 27.3 Å². The molecule has 0 spiro atoms. The monoisotopic (exact) mass is 363 g/mol. The van der Waals surface area contributed by atoms with Gasteiger partial charge in [0.05, 0.1) is 12.1 Å². The van der Waals surface area contributed by atoms with Crippen molar-refractivity contribution in [3.05, 3.63) is 75.8 Å². The minimum Gasteiger partial charge on any atom is -0.458 e. The van der Waals surface area contributed by atoms with Crippen molar-refractivity contribution in [3.8, 4) is 11.3 Å². The van der Waals surface area contributed by atoms with Crippen LogP contribution in [0.25, 0.3) is 11.3 Å². The highest BCUT2D eigenvalue weighted by molar-refractivity contribution is 6.53. The minimum absolute atomic E-state index is 0.282. The molecule has 0 atom stereocenters. The molecule has 0 unspecified atom stereocenters. The van der Waals surface area contributed by atoms with Gasteiger partial charge in [-0.3, -0.25) is 9.59 Å². The average Bonchev–Trinajstić information content (AvgIpc) is 2.96. The fourth-order valence-corrected chi connectivity index (χ4v) is 3.40. The average molecular weight is 363 g/mol. The van der Waals surface area contributed by atoms with Gasteiger partial charge in [0.2, 0.25) is 11.6 Å². The van der Waals surface area contributed by atoms with Crippen molar-refractivity contribution < 1.29 is 18.4 Å². The van der Waals surface area contributed by atoms with Crippen molar-refractivity contribution in [1.82, 2.24) is 0 Å². The number of carbonyl (C=O) groups excluding carboxylic acids is 2. The van der Waals surface area contributed by atoms with E-state index in [2.05, 4.69) is 5.32 Å². The zero-order chi connectivity index (χ0) is 19.3. The standard InChI is InChI=1S/C22H18FNO3/c1-11-7-16-17(8-12(11)2)22-19(21(26)20(16)25)13(3)18(27-22)10-24-15-6-4-5-14(23)9-15/h4-9,24H,10H2,1-3H3. The predicted octanol–water partition coefficient (Wildman–Crippen LogP) is 5.00. The molecule has 0 saturated carbocycles. The first-order valence-electron chi connectivity index (χ1n) is 8.69. The molecule has 4 nitrogen and oxygen atoms in total. The van der Waals surface area contributed by atoms with Crippen molar-refractivity contribution in [2.75, 3.05) is 5.32 Å². The van der Waals surface area contributed by atoms with Crippen LogP contribution in [0.5, 0.6) is 0 Å². The molecule has 1 heterocycles. The largest absolute Gasteiger partial charge is 0.458 e. The normalized spacial score (nSPS) is 12.7. The highest BCUT2D eigenvalue weighted by Crippen LogP contribution is 2.39. The molecule has 4 rings (SSSR count). The van der Waals surface area contributed by atoms with E-state index in [1.807, 2.05) is 19.9 Å². The summed E-state index contributed by atoms with van der Waals surface area (Å²) in [5.74, 6) is -0.396. The van der Waals surface area contributed by atoms with Crippen molar-refractivity contribution >= 4 is 17.3 Å². The fraction of sp³-hybridized carbons (Fsp3) is 0.182. The van der Waals surface area contributed by atoms with Crippen molar-refractivity contribution in [3.63, 3.8) is 0 Å². The Morgan fingerprint density at radius 2 is 1.67 bits per heavy atom. The number of ketones is 2. The number of furan rings is 1. The van der Waals surface area contributed by atoms with Crippen LogP contribution in [0, 0.1) is 26.6 Å². The number of carbonyl (C=O) groups is 2. The van der Waals surface area contributed by atoms with E-state index >= 15 is 0 Å². The van der Waals surface area contributed by atoms with Crippen LogP contribution in [0.15, 0.2) is 40.8 Å². The number of anilines is 1. The molecule has 2 aromatic carbocycles. The highest BCUT2D eigenvalue weighted by atomic mass is 19.1. The molecular weight excluding hydrogens is 345 g/mol.